The van der Waals surface area contributed by atoms with Gasteiger partial charge in [0.1, 0.15) is 0 Å². The third kappa shape index (κ3) is 2.18. The molecule has 4 fully saturated rings. The predicted molar refractivity (Wildman–Crippen MR) is 108 cm³/mol. The van der Waals surface area contributed by atoms with E-state index in [1.807, 2.05) is 0 Å². The lowest BCUT2D eigenvalue weighted by molar-refractivity contribution is -0.209. The van der Waals surface area contributed by atoms with Gasteiger partial charge in [0.15, 0.2) is 0 Å². The summed E-state index contributed by atoms with van der Waals surface area (Å²) in [4.78, 5) is 0. The molecule has 0 aromatic rings. The van der Waals surface area contributed by atoms with Gasteiger partial charge in [0.25, 0.3) is 0 Å². The summed E-state index contributed by atoms with van der Waals surface area (Å²) >= 11 is 0. The van der Waals surface area contributed by atoms with Crippen molar-refractivity contribution in [3.63, 3.8) is 0 Å². The minimum atomic E-state index is 0.571. The zero-order valence-corrected chi connectivity index (χ0v) is 18.2. The molecule has 0 nitrogen and oxygen atoms in total. The molecule has 0 aliphatic heterocycles. The smallest absolute Gasteiger partial charge is 0.0238 e. The molecule has 0 aromatic heterocycles. The molecule has 25 heavy (non-hydrogen) atoms. The van der Waals surface area contributed by atoms with Crippen molar-refractivity contribution >= 4 is 0 Å². The average molecular weight is 345 g/mol. The van der Waals surface area contributed by atoms with Crippen LogP contribution in [0.5, 0.6) is 0 Å². The minimum absolute atomic E-state index is 0.571. The molecule has 0 heterocycles. The van der Waals surface area contributed by atoms with E-state index in [-0.39, 0.29) is 0 Å². The van der Waals surface area contributed by atoms with Crippen LogP contribution in [0.1, 0.15) is 99.8 Å². The largest absolute Gasteiger partial charge is 0.0651 e. The van der Waals surface area contributed by atoms with Crippen LogP contribution in [0.3, 0.4) is 0 Å². The van der Waals surface area contributed by atoms with E-state index < -0.39 is 0 Å². The molecule has 0 saturated heterocycles. The van der Waals surface area contributed by atoms with Crippen molar-refractivity contribution in [1.82, 2.24) is 0 Å². The molecule has 4 rings (SSSR count). The van der Waals surface area contributed by atoms with Crippen molar-refractivity contribution < 1.29 is 0 Å². The third-order valence-electron chi connectivity index (χ3n) is 11.5. The van der Waals surface area contributed by atoms with Crippen LogP contribution in [0.15, 0.2) is 0 Å². The Labute approximate surface area is 157 Å². The van der Waals surface area contributed by atoms with Crippen molar-refractivity contribution in [2.45, 2.75) is 99.8 Å². The zero-order chi connectivity index (χ0) is 18.2. The van der Waals surface area contributed by atoms with Gasteiger partial charge in [-0.25, -0.2) is 0 Å². The topological polar surface area (TPSA) is 0 Å². The Kier molecular flexibility index (Phi) is 4.22. The SMILES string of the molecule is CCC1CCC2C3C(C)C(C)C4(C)CC(C)CCC4(C)C3CCC12C. The first kappa shape index (κ1) is 18.4. The van der Waals surface area contributed by atoms with Crippen LogP contribution in [-0.2, 0) is 0 Å². The molecular weight excluding hydrogens is 300 g/mol. The number of hydrogen-bond donors (Lipinski definition) is 0. The first-order chi connectivity index (χ1) is 11.7. The summed E-state index contributed by atoms with van der Waals surface area (Å²) in [5.74, 6) is 6.80. The van der Waals surface area contributed by atoms with Crippen LogP contribution in [0.25, 0.3) is 0 Å². The summed E-state index contributed by atoms with van der Waals surface area (Å²) in [7, 11) is 0. The lowest BCUT2D eigenvalue weighted by Crippen LogP contribution is -2.63. The summed E-state index contributed by atoms with van der Waals surface area (Å²) in [5, 5.41) is 0. The zero-order valence-electron chi connectivity index (χ0n) is 18.2. The highest BCUT2D eigenvalue weighted by Gasteiger charge is 2.66. The molecule has 144 valence electrons. The van der Waals surface area contributed by atoms with E-state index in [1.54, 1.807) is 0 Å². The molecule has 10 unspecified atom stereocenters. The summed E-state index contributed by atoms with van der Waals surface area (Å²) in [6.45, 7) is 18.4. The first-order valence-electron chi connectivity index (χ1n) is 11.7. The minimum Gasteiger partial charge on any atom is -0.0651 e. The van der Waals surface area contributed by atoms with Crippen molar-refractivity contribution in [3.8, 4) is 0 Å². The summed E-state index contributed by atoms with van der Waals surface area (Å²) in [6, 6.07) is 0. The van der Waals surface area contributed by atoms with Crippen molar-refractivity contribution in [2.75, 3.05) is 0 Å². The standard InChI is InChI=1S/C25H44/c1-8-19-9-10-20-22-17(3)18(4)25(7)15-16(2)11-14-24(25,6)21(22)12-13-23(19,20)5/h16-22H,8-15H2,1-7H3. The molecule has 4 aliphatic rings. The summed E-state index contributed by atoms with van der Waals surface area (Å²) in [5.41, 5.74) is 1.83. The highest BCUT2D eigenvalue weighted by atomic mass is 14.7. The van der Waals surface area contributed by atoms with E-state index in [0.717, 1.165) is 41.4 Å². The monoisotopic (exact) mass is 344 g/mol. The van der Waals surface area contributed by atoms with E-state index in [1.165, 1.54) is 51.4 Å². The average Bonchev–Trinajstić information content (AvgIpc) is 2.91. The molecule has 4 aliphatic carbocycles. The van der Waals surface area contributed by atoms with Gasteiger partial charge in [-0.3, -0.25) is 0 Å². The maximum absolute atomic E-state index is 2.74. The maximum atomic E-state index is 2.74. The lowest BCUT2D eigenvalue weighted by atomic mass is 9.35. The van der Waals surface area contributed by atoms with Crippen LogP contribution in [-0.4, -0.2) is 0 Å². The van der Waals surface area contributed by atoms with Gasteiger partial charge >= 0.3 is 0 Å². The van der Waals surface area contributed by atoms with E-state index in [9.17, 15) is 0 Å². The Morgan fingerprint density at radius 2 is 1.52 bits per heavy atom. The Balaban J connectivity index is 1.74. The van der Waals surface area contributed by atoms with E-state index >= 15 is 0 Å². The van der Waals surface area contributed by atoms with E-state index in [0.29, 0.717) is 16.2 Å². The third-order valence-corrected chi connectivity index (χ3v) is 11.5. The lowest BCUT2D eigenvalue weighted by Gasteiger charge is -2.69. The van der Waals surface area contributed by atoms with Crippen LogP contribution in [0.2, 0.25) is 0 Å². The fraction of sp³-hybridized carbons (Fsp3) is 1.00. The Bertz CT molecular complexity index is 522. The Hall–Kier alpha value is 0. The predicted octanol–water partition coefficient (Wildman–Crippen LogP) is 7.57. The number of hydrogen-bond acceptors (Lipinski definition) is 0. The van der Waals surface area contributed by atoms with Crippen LogP contribution >= 0.6 is 0 Å². The van der Waals surface area contributed by atoms with Gasteiger partial charge in [0, 0.05) is 0 Å². The van der Waals surface area contributed by atoms with Gasteiger partial charge in [-0.15, -0.1) is 0 Å². The second-order valence-corrected chi connectivity index (χ2v) is 11.8. The van der Waals surface area contributed by atoms with E-state index in [4.69, 9.17) is 0 Å². The maximum Gasteiger partial charge on any atom is -0.0238 e. The molecule has 0 N–H and O–H groups in total. The molecule has 4 saturated carbocycles. The van der Waals surface area contributed by atoms with E-state index in [2.05, 4.69) is 48.5 Å². The summed E-state index contributed by atoms with van der Waals surface area (Å²) in [6.07, 6.45) is 12.0. The quantitative estimate of drug-likeness (QED) is 0.460. The Morgan fingerprint density at radius 3 is 2.20 bits per heavy atom. The Morgan fingerprint density at radius 1 is 0.800 bits per heavy atom. The molecule has 0 amide bonds. The number of rotatable bonds is 1. The second kappa shape index (κ2) is 5.75. The van der Waals surface area contributed by atoms with Gasteiger partial charge in [0.05, 0.1) is 0 Å². The van der Waals surface area contributed by atoms with Crippen LogP contribution < -0.4 is 0 Å². The van der Waals surface area contributed by atoms with Gasteiger partial charge in [-0.1, -0.05) is 61.3 Å². The molecule has 10 atom stereocenters. The van der Waals surface area contributed by atoms with Crippen LogP contribution in [0.4, 0.5) is 0 Å². The molecular formula is C25H44. The van der Waals surface area contributed by atoms with Gasteiger partial charge < -0.3 is 0 Å². The molecule has 0 heteroatoms. The summed E-state index contributed by atoms with van der Waals surface area (Å²) < 4.78 is 0. The van der Waals surface area contributed by atoms with Gasteiger partial charge in [-0.2, -0.15) is 0 Å². The normalized spacial score (nSPS) is 61.3. The van der Waals surface area contributed by atoms with Gasteiger partial charge in [-0.05, 0) is 96.2 Å². The van der Waals surface area contributed by atoms with Crippen LogP contribution in [0, 0.1) is 57.7 Å². The highest BCUT2D eigenvalue weighted by Crippen LogP contribution is 2.73. The van der Waals surface area contributed by atoms with Crippen molar-refractivity contribution in [2.24, 2.45) is 57.7 Å². The fourth-order valence-corrected chi connectivity index (χ4v) is 9.57. The van der Waals surface area contributed by atoms with Crippen molar-refractivity contribution in [1.29, 1.82) is 0 Å². The van der Waals surface area contributed by atoms with Gasteiger partial charge in [0.2, 0.25) is 0 Å². The molecule has 0 radical (unpaired) electrons. The molecule has 0 spiro atoms. The molecule has 0 aromatic carbocycles. The highest BCUT2D eigenvalue weighted by molar-refractivity contribution is 5.15. The second-order valence-electron chi connectivity index (χ2n) is 11.8. The van der Waals surface area contributed by atoms with Crippen molar-refractivity contribution in [3.05, 3.63) is 0 Å². The molecule has 0 bridgehead atoms. The fourth-order valence-electron chi connectivity index (χ4n) is 9.57. The number of fused-ring (bicyclic) bond motifs is 5. The first-order valence-corrected chi connectivity index (χ1v) is 11.7.